The van der Waals surface area contributed by atoms with Crippen LogP contribution in [0.3, 0.4) is 0 Å². The molecule has 0 aliphatic carbocycles. The van der Waals surface area contributed by atoms with Gasteiger partial charge in [0.1, 0.15) is 0 Å². The first-order valence-electron chi connectivity index (χ1n) is 8.73. The molecule has 3 N–H and O–H groups in total. The molecule has 0 heterocycles. The van der Waals surface area contributed by atoms with Crippen molar-refractivity contribution in [3.8, 4) is 0 Å². The van der Waals surface area contributed by atoms with Crippen molar-refractivity contribution in [2.24, 2.45) is 11.7 Å². The molecule has 0 aliphatic rings. The van der Waals surface area contributed by atoms with Gasteiger partial charge in [0.2, 0.25) is 0 Å². The Morgan fingerprint density at radius 3 is 1.80 bits per heavy atom. The lowest BCUT2D eigenvalue weighted by molar-refractivity contribution is 0.382. The number of nitrogens with two attached hydrogens (primary N) is 1. The van der Waals surface area contributed by atoms with E-state index in [1.165, 1.54) is 70.6 Å². The third-order valence-electron chi connectivity index (χ3n) is 4.06. The first kappa shape index (κ1) is 19.5. The minimum atomic E-state index is 0.338. The predicted octanol–water partition coefficient (Wildman–Crippen LogP) is 5.72. The van der Waals surface area contributed by atoms with Gasteiger partial charge in [-0.2, -0.15) is 0 Å². The molecule has 0 bridgehead atoms. The van der Waals surface area contributed by atoms with Gasteiger partial charge < -0.3 is 10.8 Å². The summed E-state index contributed by atoms with van der Waals surface area (Å²) in [5.41, 5.74) is 5.50. The summed E-state index contributed by atoms with van der Waals surface area (Å²) < 4.78 is 0. The second kappa shape index (κ2) is 14.9. The molecule has 120 valence electrons. The van der Waals surface area contributed by atoms with E-state index >= 15 is 0 Å². The maximum Gasteiger partial charge on any atom is 0.0851 e. The smallest absolute Gasteiger partial charge is 0.0851 e. The van der Waals surface area contributed by atoms with E-state index in [0.29, 0.717) is 5.76 Å². The summed E-state index contributed by atoms with van der Waals surface area (Å²) in [6.45, 7) is 6.75. The first-order chi connectivity index (χ1) is 9.66. The Kier molecular flexibility index (Phi) is 14.5. The average molecular weight is 284 g/mol. The fourth-order valence-corrected chi connectivity index (χ4v) is 2.66. The van der Waals surface area contributed by atoms with Gasteiger partial charge >= 0.3 is 0 Å². The van der Waals surface area contributed by atoms with Crippen LogP contribution >= 0.6 is 0 Å². The molecule has 2 nitrogen and oxygen atoms in total. The van der Waals surface area contributed by atoms with Gasteiger partial charge in [0, 0.05) is 6.42 Å². The number of aliphatic hydroxyl groups is 1. The van der Waals surface area contributed by atoms with Crippen LogP contribution in [0.15, 0.2) is 12.3 Å². The number of aliphatic hydroxyl groups excluding tert-OH is 1. The van der Waals surface area contributed by atoms with Gasteiger partial charge in [-0.3, -0.25) is 0 Å². The minimum absolute atomic E-state index is 0.338. The summed E-state index contributed by atoms with van der Waals surface area (Å²) in [4.78, 5) is 0. The predicted molar refractivity (Wildman–Crippen MR) is 90.0 cm³/mol. The minimum Gasteiger partial charge on any atom is -0.513 e. The summed E-state index contributed by atoms with van der Waals surface area (Å²) in [6.07, 6.45) is 16.5. The molecule has 0 unspecified atom stereocenters. The number of allylic oxidation sites excluding steroid dienone is 1. The fraction of sp³-hybridized carbons (Fsp3) is 0.889. The third kappa shape index (κ3) is 15.6. The number of hydrogen-bond acceptors (Lipinski definition) is 2. The highest BCUT2D eigenvalue weighted by atomic mass is 16.3. The van der Waals surface area contributed by atoms with Crippen molar-refractivity contribution in [3.63, 3.8) is 0 Å². The van der Waals surface area contributed by atoms with Crippen molar-refractivity contribution in [3.05, 3.63) is 12.3 Å². The van der Waals surface area contributed by atoms with E-state index in [9.17, 15) is 0 Å². The highest BCUT2D eigenvalue weighted by Gasteiger charge is 2.01. The summed E-state index contributed by atoms with van der Waals surface area (Å²) in [7, 11) is 0. The van der Waals surface area contributed by atoms with Gasteiger partial charge in [0.15, 0.2) is 0 Å². The summed E-state index contributed by atoms with van der Waals surface area (Å²) in [5.74, 6) is 1.23. The zero-order valence-electron chi connectivity index (χ0n) is 13.7. The number of unbranched alkanes of at least 4 members (excludes halogenated alkanes) is 8. The zero-order chi connectivity index (χ0) is 15.1. The monoisotopic (exact) mass is 283 g/mol. The number of rotatable bonds is 15. The third-order valence-corrected chi connectivity index (χ3v) is 4.06. The normalized spacial score (nSPS) is 12.5. The second-order valence-electron chi connectivity index (χ2n) is 6.32. The Morgan fingerprint density at radius 2 is 1.30 bits per heavy atom. The zero-order valence-corrected chi connectivity index (χ0v) is 13.7. The Bertz CT molecular complexity index is 215. The van der Waals surface area contributed by atoms with Gasteiger partial charge in [0.05, 0.1) is 5.76 Å². The van der Waals surface area contributed by atoms with E-state index < -0.39 is 0 Å². The van der Waals surface area contributed by atoms with Crippen molar-refractivity contribution >= 4 is 0 Å². The van der Waals surface area contributed by atoms with Crippen molar-refractivity contribution in [2.75, 3.05) is 6.54 Å². The van der Waals surface area contributed by atoms with E-state index in [1.807, 2.05) is 0 Å². The highest BCUT2D eigenvalue weighted by Crippen LogP contribution is 2.17. The molecule has 1 atom stereocenters. The van der Waals surface area contributed by atoms with Gasteiger partial charge in [0.25, 0.3) is 0 Å². The fourth-order valence-electron chi connectivity index (χ4n) is 2.66. The molecule has 2 heteroatoms. The maximum absolute atomic E-state index is 8.97. The van der Waals surface area contributed by atoms with E-state index in [-0.39, 0.29) is 0 Å². The van der Waals surface area contributed by atoms with Gasteiger partial charge in [-0.25, -0.2) is 0 Å². The Labute approximate surface area is 126 Å². The second-order valence-corrected chi connectivity index (χ2v) is 6.32. The summed E-state index contributed by atoms with van der Waals surface area (Å²) >= 11 is 0. The SMILES string of the molecule is C=C(O)CCCCCCCCC[C@@H](C)CCCCCN. The molecule has 0 spiro atoms. The average Bonchev–Trinajstić information content (AvgIpc) is 2.41. The standard InChI is InChI=1S/C18H37NO/c1-17(14-10-8-12-16-19)13-9-6-4-3-5-7-11-15-18(2)20/h17,20H,2-16,19H2,1H3/t17-/m1/s1. The van der Waals surface area contributed by atoms with Crippen LogP contribution in [-0.4, -0.2) is 11.7 Å². The van der Waals surface area contributed by atoms with Gasteiger partial charge in [-0.05, 0) is 25.3 Å². The lowest BCUT2D eigenvalue weighted by Gasteiger charge is -2.10. The molecule has 0 aromatic carbocycles. The molecule has 20 heavy (non-hydrogen) atoms. The van der Waals surface area contributed by atoms with Crippen LogP contribution in [-0.2, 0) is 0 Å². The quantitative estimate of drug-likeness (QED) is 0.298. The van der Waals surface area contributed by atoms with E-state index in [4.69, 9.17) is 10.8 Å². The molecule has 0 saturated carbocycles. The highest BCUT2D eigenvalue weighted by molar-refractivity contribution is 4.77. The van der Waals surface area contributed by atoms with Crippen LogP contribution < -0.4 is 5.73 Å². The molecular weight excluding hydrogens is 246 g/mol. The van der Waals surface area contributed by atoms with E-state index in [1.54, 1.807) is 0 Å². The molecular formula is C18H37NO. The largest absolute Gasteiger partial charge is 0.513 e. The van der Waals surface area contributed by atoms with Crippen LogP contribution in [0.1, 0.15) is 90.4 Å². The molecule has 0 fully saturated rings. The van der Waals surface area contributed by atoms with Crippen molar-refractivity contribution in [2.45, 2.75) is 90.4 Å². The van der Waals surface area contributed by atoms with Crippen molar-refractivity contribution in [1.82, 2.24) is 0 Å². The maximum atomic E-state index is 8.97. The molecule has 0 aromatic rings. The number of hydrogen-bond donors (Lipinski definition) is 2. The van der Waals surface area contributed by atoms with Crippen LogP contribution in [0.5, 0.6) is 0 Å². The Balaban J connectivity index is 3.13. The topological polar surface area (TPSA) is 46.2 Å². The van der Waals surface area contributed by atoms with Crippen LogP contribution in [0.4, 0.5) is 0 Å². The van der Waals surface area contributed by atoms with Crippen LogP contribution in [0, 0.1) is 5.92 Å². The molecule has 0 amide bonds. The van der Waals surface area contributed by atoms with Gasteiger partial charge in [-0.15, -0.1) is 0 Å². The van der Waals surface area contributed by atoms with Crippen LogP contribution in [0.2, 0.25) is 0 Å². The summed E-state index contributed by atoms with van der Waals surface area (Å²) in [6, 6.07) is 0. The molecule has 0 rings (SSSR count). The Hall–Kier alpha value is -0.500. The van der Waals surface area contributed by atoms with E-state index in [0.717, 1.165) is 25.3 Å². The molecule has 0 aliphatic heterocycles. The lowest BCUT2D eigenvalue weighted by atomic mass is 9.96. The molecule has 0 aromatic heterocycles. The molecule has 0 saturated heterocycles. The summed E-state index contributed by atoms with van der Waals surface area (Å²) in [5, 5.41) is 8.97. The van der Waals surface area contributed by atoms with Crippen molar-refractivity contribution in [1.29, 1.82) is 0 Å². The Morgan fingerprint density at radius 1 is 0.850 bits per heavy atom. The first-order valence-corrected chi connectivity index (χ1v) is 8.73. The molecule has 0 radical (unpaired) electrons. The lowest BCUT2D eigenvalue weighted by Crippen LogP contribution is -1.99. The van der Waals surface area contributed by atoms with Crippen LogP contribution in [0.25, 0.3) is 0 Å². The van der Waals surface area contributed by atoms with E-state index in [2.05, 4.69) is 13.5 Å². The van der Waals surface area contributed by atoms with Gasteiger partial charge in [-0.1, -0.05) is 77.7 Å². The van der Waals surface area contributed by atoms with Crippen molar-refractivity contribution < 1.29 is 5.11 Å².